The first-order chi connectivity index (χ1) is 7.65. The summed E-state index contributed by atoms with van der Waals surface area (Å²) in [6.07, 6.45) is -1.51. The monoisotopic (exact) mass is 228 g/mol. The van der Waals surface area contributed by atoms with Crippen LogP contribution in [0.5, 0.6) is 11.6 Å². The average Bonchev–Trinajstić information content (AvgIpc) is 2.28. The van der Waals surface area contributed by atoms with Crippen molar-refractivity contribution in [3.05, 3.63) is 17.3 Å². The van der Waals surface area contributed by atoms with Crippen molar-refractivity contribution < 1.29 is 18.3 Å². The Bertz CT molecular complexity index is 416. The topological polar surface area (TPSA) is 55.1 Å². The van der Waals surface area contributed by atoms with Gasteiger partial charge in [-0.1, -0.05) is 0 Å². The maximum atomic E-state index is 12.8. The summed E-state index contributed by atoms with van der Waals surface area (Å²) < 4.78 is 35.2. The fourth-order valence-corrected chi connectivity index (χ4v) is 1.34. The van der Waals surface area contributed by atoms with Crippen LogP contribution in [-0.4, -0.2) is 19.2 Å². The van der Waals surface area contributed by atoms with E-state index in [1.807, 2.05) is 6.07 Å². The standard InChI is InChI=1S/C10H10F2N2O2/c1-15-8-6(3-4-13)5-14-10(16-2)7(8)9(11)12/h5,9H,3H2,1-2H3. The molecule has 0 aromatic carbocycles. The molecule has 0 fully saturated rings. The number of pyridine rings is 1. The summed E-state index contributed by atoms with van der Waals surface area (Å²) in [6.45, 7) is 0. The molecule has 16 heavy (non-hydrogen) atoms. The van der Waals surface area contributed by atoms with E-state index < -0.39 is 12.0 Å². The van der Waals surface area contributed by atoms with Crippen molar-refractivity contribution in [1.29, 1.82) is 5.26 Å². The summed E-state index contributed by atoms with van der Waals surface area (Å²) in [5.74, 6) is -0.225. The Morgan fingerprint density at radius 1 is 1.44 bits per heavy atom. The number of methoxy groups -OCH3 is 2. The van der Waals surface area contributed by atoms with Gasteiger partial charge >= 0.3 is 0 Å². The van der Waals surface area contributed by atoms with Gasteiger partial charge in [-0.25, -0.2) is 13.8 Å². The number of halogens is 2. The Labute approximate surface area is 91.4 Å². The molecule has 0 radical (unpaired) electrons. The van der Waals surface area contributed by atoms with Gasteiger partial charge in [-0.05, 0) is 0 Å². The van der Waals surface area contributed by atoms with E-state index in [9.17, 15) is 8.78 Å². The van der Waals surface area contributed by atoms with Crippen molar-refractivity contribution in [3.8, 4) is 17.7 Å². The second-order valence-corrected chi connectivity index (χ2v) is 2.88. The highest BCUT2D eigenvalue weighted by Crippen LogP contribution is 2.37. The fourth-order valence-electron chi connectivity index (χ4n) is 1.34. The van der Waals surface area contributed by atoms with Crippen LogP contribution in [-0.2, 0) is 6.42 Å². The van der Waals surface area contributed by atoms with Crippen molar-refractivity contribution in [2.24, 2.45) is 0 Å². The Balaban J connectivity index is 3.38. The second kappa shape index (κ2) is 5.26. The van der Waals surface area contributed by atoms with Gasteiger partial charge in [-0.3, -0.25) is 0 Å². The smallest absolute Gasteiger partial charge is 0.272 e. The zero-order valence-electron chi connectivity index (χ0n) is 8.83. The van der Waals surface area contributed by atoms with E-state index >= 15 is 0 Å². The first-order valence-electron chi connectivity index (χ1n) is 4.40. The van der Waals surface area contributed by atoms with Crippen LogP contribution in [0.15, 0.2) is 6.20 Å². The molecule has 6 heteroatoms. The molecule has 0 aliphatic heterocycles. The molecule has 0 bridgehead atoms. The van der Waals surface area contributed by atoms with Crippen molar-refractivity contribution in [2.75, 3.05) is 14.2 Å². The molecule has 4 nitrogen and oxygen atoms in total. The minimum absolute atomic E-state index is 0.0385. The number of hydrogen-bond acceptors (Lipinski definition) is 4. The number of alkyl halides is 2. The second-order valence-electron chi connectivity index (χ2n) is 2.88. The van der Waals surface area contributed by atoms with Gasteiger partial charge in [0.05, 0.1) is 26.7 Å². The lowest BCUT2D eigenvalue weighted by Crippen LogP contribution is -2.03. The quantitative estimate of drug-likeness (QED) is 0.791. The maximum absolute atomic E-state index is 12.8. The summed E-state index contributed by atoms with van der Waals surface area (Å²) >= 11 is 0. The number of hydrogen-bond donors (Lipinski definition) is 0. The molecule has 0 amide bonds. The third-order valence-corrected chi connectivity index (χ3v) is 1.99. The van der Waals surface area contributed by atoms with E-state index in [2.05, 4.69) is 4.98 Å². The van der Waals surface area contributed by atoms with Crippen LogP contribution < -0.4 is 9.47 Å². The number of nitrogens with zero attached hydrogens (tertiary/aromatic N) is 2. The predicted molar refractivity (Wildman–Crippen MR) is 51.6 cm³/mol. The van der Waals surface area contributed by atoms with E-state index in [4.69, 9.17) is 14.7 Å². The molecule has 0 N–H and O–H groups in total. The molecule has 86 valence electrons. The zero-order valence-corrected chi connectivity index (χ0v) is 8.83. The molecule has 0 unspecified atom stereocenters. The SMILES string of the molecule is COc1ncc(CC#N)c(OC)c1C(F)F. The van der Waals surface area contributed by atoms with Crippen LogP contribution in [0.1, 0.15) is 17.6 Å². The van der Waals surface area contributed by atoms with E-state index in [1.165, 1.54) is 20.4 Å². The summed E-state index contributed by atoms with van der Waals surface area (Å²) in [7, 11) is 2.51. The van der Waals surface area contributed by atoms with E-state index in [0.717, 1.165) is 0 Å². The van der Waals surface area contributed by atoms with Crippen molar-refractivity contribution in [2.45, 2.75) is 12.8 Å². The number of rotatable bonds is 4. The lowest BCUT2D eigenvalue weighted by Gasteiger charge is -2.13. The molecule has 1 heterocycles. The van der Waals surface area contributed by atoms with Crippen LogP contribution in [0.3, 0.4) is 0 Å². The predicted octanol–water partition coefficient (Wildman–Crippen LogP) is 2.10. The molecule has 0 saturated carbocycles. The van der Waals surface area contributed by atoms with Crippen LogP contribution >= 0.6 is 0 Å². The normalized spacial score (nSPS) is 10.0. The third-order valence-electron chi connectivity index (χ3n) is 1.99. The summed E-state index contributed by atoms with van der Waals surface area (Å²) in [4.78, 5) is 3.71. The molecule has 1 aromatic rings. The van der Waals surface area contributed by atoms with Crippen molar-refractivity contribution in [3.63, 3.8) is 0 Å². The van der Waals surface area contributed by atoms with Gasteiger partial charge in [0.2, 0.25) is 5.88 Å². The third kappa shape index (κ3) is 2.19. The van der Waals surface area contributed by atoms with Gasteiger partial charge in [0, 0.05) is 11.8 Å². The minimum atomic E-state index is -2.77. The van der Waals surface area contributed by atoms with Crippen molar-refractivity contribution >= 4 is 0 Å². The zero-order chi connectivity index (χ0) is 12.1. The summed E-state index contributed by atoms with van der Waals surface area (Å²) in [6, 6.07) is 1.86. The summed E-state index contributed by atoms with van der Waals surface area (Å²) in [5.41, 5.74) is -0.0983. The molecule has 0 aliphatic carbocycles. The fraction of sp³-hybridized carbons (Fsp3) is 0.400. The molecular weight excluding hydrogens is 218 g/mol. The lowest BCUT2D eigenvalue weighted by molar-refractivity contribution is 0.141. The van der Waals surface area contributed by atoms with Gasteiger partial charge in [0.15, 0.2) is 0 Å². The molecule has 0 aliphatic rings. The highest BCUT2D eigenvalue weighted by Gasteiger charge is 2.23. The van der Waals surface area contributed by atoms with Crippen LogP contribution in [0.2, 0.25) is 0 Å². The molecule has 1 aromatic heterocycles. The van der Waals surface area contributed by atoms with Gasteiger partial charge in [-0.2, -0.15) is 5.26 Å². The van der Waals surface area contributed by atoms with Gasteiger partial charge in [0.1, 0.15) is 11.3 Å². The molecule has 0 saturated heterocycles. The van der Waals surface area contributed by atoms with Gasteiger partial charge in [-0.15, -0.1) is 0 Å². The first-order valence-corrected chi connectivity index (χ1v) is 4.40. The highest BCUT2D eigenvalue weighted by molar-refractivity contribution is 5.47. The van der Waals surface area contributed by atoms with Crippen LogP contribution in [0.4, 0.5) is 8.78 Å². The van der Waals surface area contributed by atoms with Gasteiger partial charge < -0.3 is 9.47 Å². The van der Waals surface area contributed by atoms with Gasteiger partial charge in [0.25, 0.3) is 6.43 Å². The number of aromatic nitrogens is 1. The first kappa shape index (κ1) is 12.2. The van der Waals surface area contributed by atoms with Crippen LogP contribution in [0.25, 0.3) is 0 Å². The molecule has 0 atom stereocenters. The molecular formula is C10H10F2N2O2. The number of ether oxygens (including phenoxy) is 2. The maximum Gasteiger partial charge on any atom is 0.272 e. The molecule has 1 rings (SSSR count). The lowest BCUT2D eigenvalue weighted by atomic mass is 10.1. The van der Waals surface area contributed by atoms with E-state index in [0.29, 0.717) is 5.56 Å². The molecule has 0 spiro atoms. The Hall–Kier alpha value is -1.90. The largest absolute Gasteiger partial charge is 0.496 e. The summed E-state index contributed by atoms with van der Waals surface area (Å²) in [5, 5.41) is 8.54. The van der Waals surface area contributed by atoms with E-state index in [1.54, 1.807) is 0 Å². The number of nitriles is 1. The average molecular weight is 228 g/mol. The Morgan fingerprint density at radius 2 is 2.12 bits per heavy atom. The van der Waals surface area contributed by atoms with Crippen molar-refractivity contribution in [1.82, 2.24) is 4.98 Å². The highest BCUT2D eigenvalue weighted by atomic mass is 19.3. The minimum Gasteiger partial charge on any atom is -0.496 e. The Morgan fingerprint density at radius 3 is 2.56 bits per heavy atom. The Kier molecular flexibility index (Phi) is 4.00. The van der Waals surface area contributed by atoms with E-state index in [-0.39, 0.29) is 18.1 Å². The van der Waals surface area contributed by atoms with Crippen LogP contribution in [0, 0.1) is 11.3 Å².